The summed E-state index contributed by atoms with van der Waals surface area (Å²) >= 11 is 0. The van der Waals surface area contributed by atoms with Gasteiger partial charge in [0.25, 0.3) is 0 Å². The predicted molar refractivity (Wildman–Crippen MR) is 63.0 cm³/mol. The zero-order valence-electron chi connectivity index (χ0n) is 10.1. The average Bonchev–Trinajstić information content (AvgIpc) is 2.72. The number of ketones is 1. The molecule has 3 atom stereocenters. The Morgan fingerprint density at radius 3 is 2.58 bits per heavy atom. The molecular formula is C13H14O6. The lowest BCUT2D eigenvalue weighted by Crippen LogP contribution is -2.37. The highest BCUT2D eigenvalue weighted by atomic mass is 16.6. The smallest absolute Gasteiger partial charge is 0.344 e. The van der Waals surface area contributed by atoms with Gasteiger partial charge < -0.3 is 19.7 Å². The van der Waals surface area contributed by atoms with E-state index in [2.05, 4.69) is 0 Å². The molecule has 19 heavy (non-hydrogen) atoms. The van der Waals surface area contributed by atoms with Gasteiger partial charge in [0.05, 0.1) is 13.2 Å². The third-order valence-corrected chi connectivity index (χ3v) is 2.79. The van der Waals surface area contributed by atoms with Gasteiger partial charge in [-0.1, -0.05) is 30.3 Å². The molecule has 0 bridgehead atoms. The first-order chi connectivity index (χ1) is 9.13. The number of Topliss-reactive ketones (excluding diaryl/α,β-unsaturated/α-hetero) is 1. The van der Waals surface area contributed by atoms with E-state index in [1.54, 1.807) is 12.1 Å². The van der Waals surface area contributed by atoms with Crippen molar-refractivity contribution >= 4 is 11.8 Å². The van der Waals surface area contributed by atoms with Crippen LogP contribution in [0.3, 0.4) is 0 Å². The van der Waals surface area contributed by atoms with Gasteiger partial charge in [-0.15, -0.1) is 0 Å². The summed E-state index contributed by atoms with van der Waals surface area (Å²) in [6.45, 7) is -0.566. The molecule has 6 heteroatoms. The number of esters is 1. The molecule has 102 valence electrons. The molecule has 1 fully saturated rings. The number of hydrogen-bond donors (Lipinski definition) is 2. The predicted octanol–water partition coefficient (Wildman–Crippen LogP) is -0.580. The maximum atomic E-state index is 11.8. The van der Waals surface area contributed by atoms with Gasteiger partial charge in [0.2, 0.25) is 11.9 Å². The van der Waals surface area contributed by atoms with Crippen LogP contribution in [0, 0.1) is 0 Å². The second-order valence-electron chi connectivity index (χ2n) is 4.19. The van der Waals surface area contributed by atoms with Crippen molar-refractivity contribution in [2.75, 3.05) is 6.61 Å². The van der Waals surface area contributed by atoms with Gasteiger partial charge in [0.1, 0.15) is 6.10 Å². The molecule has 1 aliphatic heterocycles. The van der Waals surface area contributed by atoms with Crippen molar-refractivity contribution in [3.63, 3.8) is 0 Å². The molecule has 0 amide bonds. The maximum absolute atomic E-state index is 11.8. The van der Waals surface area contributed by atoms with Gasteiger partial charge in [-0.05, 0) is 5.56 Å². The van der Waals surface area contributed by atoms with Crippen LogP contribution in [0.2, 0.25) is 0 Å². The lowest BCUT2D eigenvalue weighted by molar-refractivity contribution is -0.153. The minimum Gasteiger partial charge on any atom is -0.449 e. The Labute approximate surface area is 109 Å². The molecule has 1 aromatic carbocycles. The fraction of sp³-hybridized carbons (Fsp3) is 0.385. The summed E-state index contributed by atoms with van der Waals surface area (Å²) in [6.07, 6.45) is -4.11. The molecule has 0 radical (unpaired) electrons. The summed E-state index contributed by atoms with van der Waals surface area (Å²) in [5.74, 6) is -1.50. The average molecular weight is 266 g/mol. The number of rotatable bonds is 5. The number of hydrogen-bond acceptors (Lipinski definition) is 6. The van der Waals surface area contributed by atoms with Gasteiger partial charge in [-0.2, -0.15) is 0 Å². The van der Waals surface area contributed by atoms with Crippen LogP contribution in [0.1, 0.15) is 5.56 Å². The van der Waals surface area contributed by atoms with E-state index in [1.165, 1.54) is 0 Å². The first kappa shape index (κ1) is 13.7. The van der Waals surface area contributed by atoms with Gasteiger partial charge in [-0.25, -0.2) is 4.79 Å². The van der Waals surface area contributed by atoms with Crippen molar-refractivity contribution in [3.8, 4) is 0 Å². The molecule has 1 unspecified atom stereocenters. The second kappa shape index (κ2) is 5.92. The van der Waals surface area contributed by atoms with Crippen molar-refractivity contribution in [3.05, 3.63) is 35.9 Å². The summed E-state index contributed by atoms with van der Waals surface area (Å²) in [5, 5.41) is 18.1. The van der Waals surface area contributed by atoms with E-state index in [0.717, 1.165) is 5.56 Å². The van der Waals surface area contributed by atoms with Crippen molar-refractivity contribution in [2.45, 2.75) is 24.9 Å². The van der Waals surface area contributed by atoms with Crippen molar-refractivity contribution in [2.24, 2.45) is 0 Å². The number of aliphatic hydroxyl groups excluding tert-OH is 2. The van der Waals surface area contributed by atoms with Crippen LogP contribution in [0.15, 0.2) is 30.3 Å². The first-order valence-electron chi connectivity index (χ1n) is 5.82. The fourth-order valence-electron chi connectivity index (χ4n) is 1.78. The minimum atomic E-state index is -1.42. The van der Waals surface area contributed by atoms with Crippen molar-refractivity contribution in [1.82, 2.24) is 0 Å². The Morgan fingerprint density at radius 1 is 1.26 bits per heavy atom. The number of benzene rings is 1. The molecule has 0 aromatic heterocycles. The maximum Gasteiger partial charge on any atom is 0.344 e. The highest BCUT2D eigenvalue weighted by Crippen LogP contribution is 2.18. The van der Waals surface area contributed by atoms with Crippen LogP contribution >= 0.6 is 0 Å². The molecule has 6 nitrogen and oxygen atoms in total. The number of ether oxygens (including phenoxy) is 2. The molecule has 1 saturated heterocycles. The standard InChI is InChI=1S/C13H14O6/c14-6-9(15)11-10(16)12(13(17)19-11)18-7-8-4-2-1-3-5-8/h1-5,9,11-12,14-15H,6-7H2/t9-,11-,12?/m1/s1. The van der Waals surface area contributed by atoms with Crippen molar-refractivity contribution < 1.29 is 29.3 Å². The van der Waals surface area contributed by atoms with Crippen LogP contribution in [0.4, 0.5) is 0 Å². The quantitative estimate of drug-likeness (QED) is 0.547. The SMILES string of the molecule is O=C1O[C@H]([C@H](O)CO)C(=O)C1OCc1ccccc1. The summed E-state index contributed by atoms with van der Waals surface area (Å²) in [7, 11) is 0. The summed E-state index contributed by atoms with van der Waals surface area (Å²) in [6, 6.07) is 9.05. The zero-order valence-corrected chi connectivity index (χ0v) is 10.1. The van der Waals surface area contributed by atoms with Gasteiger partial charge >= 0.3 is 5.97 Å². The van der Waals surface area contributed by atoms with E-state index >= 15 is 0 Å². The Morgan fingerprint density at radius 2 is 1.95 bits per heavy atom. The highest BCUT2D eigenvalue weighted by Gasteiger charge is 2.47. The van der Waals surface area contributed by atoms with Crippen LogP contribution in [-0.4, -0.2) is 46.9 Å². The van der Waals surface area contributed by atoms with Crippen LogP contribution < -0.4 is 0 Å². The molecule has 1 aromatic rings. The molecule has 0 aliphatic carbocycles. The molecular weight excluding hydrogens is 252 g/mol. The number of carbonyl (C=O) groups excluding carboxylic acids is 2. The molecule has 1 aliphatic rings. The van der Waals surface area contributed by atoms with E-state index in [9.17, 15) is 14.7 Å². The fourth-order valence-corrected chi connectivity index (χ4v) is 1.78. The number of aliphatic hydroxyl groups is 2. The molecule has 2 rings (SSSR count). The summed E-state index contributed by atoms with van der Waals surface area (Å²) < 4.78 is 9.93. The molecule has 0 saturated carbocycles. The van der Waals surface area contributed by atoms with Gasteiger partial charge in [0.15, 0.2) is 6.10 Å². The Bertz CT molecular complexity index is 457. The lowest BCUT2D eigenvalue weighted by Gasteiger charge is -2.12. The Balaban J connectivity index is 1.97. The lowest BCUT2D eigenvalue weighted by atomic mass is 10.1. The first-order valence-corrected chi connectivity index (χ1v) is 5.82. The van der Waals surface area contributed by atoms with E-state index < -0.39 is 36.7 Å². The molecule has 2 N–H and O–H groups in total. The number of cyclic esters (lactones) is 1. The zero-order chi connectivity index (χ0) is 13.8. The van der Waals surface area contributed by atoms with E-state index in [0.29, 0.717) is 0 Å². The summed E-state index contributed by atoms with van der Waals surface area (Å²) in [4.78, 5) is 23.3. The van der Waals surface area contributed by atoms with Crippen LogP contribution in [0.25, 0.3) is 0 Å². The second-order valence-corrected chi connectivity index (χ2v) is 4.19. The molecule has 0 spiro atoms. The largest absolute Gasteiger partial charge is 0.449 e. The van der Waals surface area contributed by atoms with Crippen LogP contribution in [-0.2, 0) is 25.7 Å². The number of carbonyl (C=O) groups is 2. The highest BCUT2D eigenvalue weighted by molar-refractivity contribution is 6.09. The van der Waals surface area contributed by atoms with Crippen molar-refractivity contribution in [1.29, 1.82) is 0 Å². The van der Waals surface area contributed by atoms with Gasteiger partial charge in [-0.3, -0.25) is 4.79 Å². The minimum absolute atomic E-state index is 0.0916. The van der Waals surface area contributed by atoms with E-state index in [4.69, 9.17) is 14.6 Å². The monoisotopic (exact) mass is 266 g/mol. The van der Waals surface area contributed by atoms with E-state index in [1.807, 2.05) is 18.2 Å². The van der Waals surface area contributed by atoms with E-state index in [-0.39, 0.29) is 6.61 Å². The Kier molecular flexibility index (Phi) is 4.26. The van der Waals surface area contributed by atoms with Crippen LogP contribution in [0.5, 0.6) is 0 Å². The Hall–Kier alpha value is -1.76. The third-order valence-electron chi connectivity index (χ3n) is 2.79. The third kappa shape index (κ3) is 2.98. The molecule has 1 heterocycles. The summed E-state index contributed by atoms with van der Waals surface area (Å²) in [5.41, 5.74) is 0.814. The normalized spacial score (nSPS) is 24.3. The van der Waals surface area contributed by atoms with Gasteiger partial charge in [0, 0.05) is 0 Å². The topological polar surface area (TPSA) is 93.1 Å².